The predicted molar refractivity (Wildman–Crippen MR) is 91.9 cm³/mol. The number of ether oxygens (including phenoxy) is 3. The Labute approximate surface area is 147 Å². The molecule has 0 radical (unpaired) electrons. The molecule has 0 aliphatic carbocycles. The average molecular weight is 394 g/mol. The Morgan fingerprint density at radius 2 is 2.00 bits per heavy atom. The molecule has 126 valence electrons. The third-order valence-corrected chi connectivity index (χ3v) is 3.83. The zero-order valence-corrected chi connectivity index (χ0v) is 14.7. The molecule has 0 fully saturated rings. The highest BCUT2D eigenvalue weighted by molar-refractivity contribution is 9.10. The lowest BCUT2D eigenvalue weighted by Gasteiger charge is -2.13. The Hall–Kier alpha value is -2.61. The second-order valence-corrected chi connectivity index (χ2v) is 5.39. The van der Waals surface area contributed by atoms with E-state index in [0.29, 0.717) is 22.4 Å². The van der Waals surface area contributed by atoms with Crippen LogP contribution < -0.4 is 10.5 Å². The Morgan fingerprint density at radius 3 is 2.62 bits per heavy atom. The maximum atomic E-state index is 10.6. The molecule has 8 heteroatoms. The molecule has 0 aliphatic heterocycles. The van der Waals surface area contributed by atoms with E-state index in [4.69, 9.17) is 19.9 Å². The minimum atomic E-state index is -0.0539. The minimum absolute atomic E-state index is 0.0539. The van der Waals surface area contributed by atoms with Crippen molar-refractivity contribution in [3.05, 3.63) is 46.3 Å². The van der Waals surface area contributed by atoms with Crippen molar-refractivity contribution in [2.24, 2.45) is 0 Å². The highest BCUT2D eigenvalue weighted by Crippen LogP contribution is 2.33. The first kappa shape index (κ1) is 17.7. The smallest absolute Gasteiger partial charge is 0.298 e. The monoisotopic (exact) mass is 393 g/mol. The number of nitrogens with zero attached hydrogens (tertiary/aromatic N) is 2. The molecule has 0 bridgehead atoms. The quantitative estimate of drug-likeness (QED) is 0.570. The van der Waals surface area contributed by atoms with Gasteiger partial charge in [-0.15, -0.1) is 0 Å². The minimum Gasteiger partial charge on any atom is -0.498 e. The Kier molecular flexibility index (Phi) is 6.14. The normalized spacial score (nSPS) is 11.5. The zero-order valence-electron chi connectivity index (χ0n) is 13.2. The van der Waals surface area contributed by atoms with Crippen LogP contribution in [0, 0.1) is 0 Å². The van der Waals surface area contributed by atoms with Gasteiger partial charge in [0, 0.05) is 5.56 Å². The number of rotatable bonds is 7. The second-order valence-electron chi connectivity index (χ2n) is 4.60. The second kappa shape index (κ2) is 8.30. The first-order valence-electron chi connectivity index (χ1n) is 6.92. The summed E-state index contributed by atoms with van der Waals surface area (Å²) < 4.78 is 16.1. The van der Waals surface area contributed by atoms with Crippen molar-refractivity contribution < 1.29 is 19.0 Å². The van der Waals surface area contributed by atoms with Gasteiger partial charge in [-0.05, 0) is 22.9 Å². The van der Waals surface area contributed by atoms with Gasteiger partial charge < -0.3 is 19.9 Å². The summed E-state index contributed by atoms with van der Waals surface area (Å²) in [6.45, 7) is 1.91. The molecule has 2 aromatic rings. The number of hydrogen-bond donors (Lipinski definition) is 1. The van der Waals surface area contributed by atoms with Gasteiger partial charge in [-0.2, -0.15) is 4.98 Å². The highest BCUT2D eigenvalue weighted by atomic mass is 79.9. The Morgan fingerprint density at radius 1 is 1.29 bits per heavy atom. The van der Waals surface area contributed by atoms with Crippen LogP contribution in [0.2, 0.25) is 0 Å². The number of hydrogen-bond acceptors (Lipinski definition) is 7. The van der Waals surface area contributed by atoms with Gasteiger partial charge in [0.15, 0.2) is 12.4 Å². The van der Waals surface area contributed by atoms with Crippen molar-refractivity contribution in [1.29, 1.82) is 0 Å². The summed E-state index contributed by atoms with van der Waals surface area (Å²) in [6.07, 6.45) is 0. The highest BCUT2D eigenvalue weighted by Gasteiger charge is 2.16. The molecule has 2 rings (SSSR count). The van der Waals surface area contributed by atoms with Crippen LogP contribution in [0.3, 0.4) is 0 Å². The lowest BCUT2D eigenvalue weighted by Crippen LogP contribution is -2.10. The largest absolute Gasteiger partial charge is 0.498 e. The van der Waals surface area contributed by atoms with Gasteiger partial charge >= 0.3 is 0 Å². The number of nitrogen functional groups attached to an aromatic ring is 1. The molecule has 0 atom stereocenters. The van der Waals surface area contributed by atoms with Gasteiger partial charge in [-0.25, -0.2) is 4.98 Å². The molecule has 1 aromatic heterocycles. The van der Waals surface area contributed by atoms with E-state index >= 15 is 0 Å². The third-order valence-electron chi connectivity index (χ3n) is 3.11. The predicted octanol–water partition coefficient (Wildman–Crippen LogP) is 2.92. The molecule has 24 heavy (non-hydrogen) atoms. The summed E-state index contributed by atoms with van der Waals surface area (Å²) in [5.41, 5.74) is 7.23. The van der Waals surface area contributed by atoms with E-state index in [1.165, 1.54) is 7.11 Å². The number of benzene rings is 1. The van der Waals surface area contributed by atoms with Crippen molar-refractivity contribution in [3.8, 4) is 17.1 Å². The Balaban J connectivity index is 2.31. The summed E-state index contributed by atoms with van der Waals surface area (Å²) >= 11 is 3.43. The number of halogens is 1. The number of anilines is 1. The fourth-order valence-corrected chi connectivity index (χ4v) is 2.37. The molecule has 0 saturated carbocycles. The van der Waals surface area contributed by atoms with Gasteiger partial charge in [0.05, 0.1) is 12.8 Å². The summed E-state index contributed by atoms with van der Waals surface area (Å²) in [4.78, 5) is 18.9. The van der Waals surface area contributed by atoms with Crippen LogP contribution in [-0.4, -0.2) is 30.2 Å². The third kappa shape index (κ3) is 4.23. The summed E-state index contributed by atoms with van der Waals surface area (Å²) in [5.74, 6) is 0.955. The summed E-state index contributed by atoms with van der Waals surface area (Å²) in [5, 5.41) is 0. The molecule has 0 spiro atoms. The molecular formula is C16H16BrN3O4. The van der Waals surface area contributed by atoms with E-state index in [1.54, 1.807) is 6.92 Å². The number of carbonyl (C=O) groups is 1. The van der Waals surface area contributed by atoms with Crippen LogP contribution in [0.5, 0.6) is 5.88 Å². The number of carbonyl (C=O) groups excluding carboxylic acids is 1. The van der Waals surface area contributed by atoms with Gasteiger partial charge in [0.25, 0.3) is 6.47 Å². The van der Waals surface area contributed by atoms with E-state index in [0.717, 1.165) is 5.56 Å². The van der Waals surface area contributed by atoms with E-state index < -0.39 is 0 Å². The summed E-state index contributed by atoms with van der Waals surface area (Å²) in [6, 6.07) is 9.47. The first-order chi connectivity index (χ1) is 11.6. The molecule has 0 aliphatic rings. The standard InChI is InChI=1S/C16H16BrN3O4/c1-10(22-2)12(24-9-21)8-23-15-13(17)14(19-16(18)20-15)11-6-4-3-5-7-11/h3-7,9H,8H2,1-2H3,(H2,18,19,20)/b12-10-. The van der Waals surface area contributed by atoms with Gasteiger partial charge in [-0.3, -0.25) is 4.79 Å². The lowest BCUT2D eigenvalue weighted by atomic mass is 10.1. The first-order valence-corrected chi connectivity index (χ1v) is 7.71. The maximum absolute atomic E-state index is 10.6. The zero-order chi connectivity index (χ0) is 17.5. The van der Waals surface area contributed by atoms with E-state index in [1.807, 2.05) is 30.3 Å². The molecule has 2 N–H and O–H groups in total. The SMILES string of the molecule is CO/C(C)=C(/COc1nc(N)nc(-c2ccccc2)c1Br)OC=O. The van der Waals surface area contributed by atoms with Crippen LogP contribution in [0.25, 0.3) is 11.3 Å². The van der Waals surface area contributed by atoms with Crippen LogP contribution in [0.15, 0.2) is 46.3 Å². The lowest BCUT2D eigenvalue weighted by molar-refractivity contribution is -0.126. The number of aromatic nitrogens is 2. The van der Waals surface area contributed by atoms with Gasteiger partial charge in [-0.1, -0.05) is 30.3 Å². The van der Waals surface area contributed by atoms with E-state index in [9.17, 15) is 4.79 Å². The molecule has 0 amide bonds. The molecule has 1 aromatic carbocycles. The van der Waals surface area contributed by atoms with Gasteiger partial charge in [0.2, 0.25) is 11.8 Å². The summed E-state index contributed by atoms with van der Waals surface area (Å²) in [7, 11) is 1.47. The van der Waals surface area contributed by atoms with Crippen molar-refractivity contribution in [3.63, 3.8) is 0 Å². The number of methoxy groups -OCH3 is 1. The van der Waals surface area contributed by atoms with E-state index in [-0.39, 0.29) is 24.2 Å². The molecule has 1 heterocycles. The topological polar surface area (TPSA) is 96.6 Å². The maximum Gasteiger partial charge on any atom is 0.298 e. The number of nitrogens with two attached hydrogens (primary N) is 1. The molecule has 0 unspecified atom stereocenters. The van der Waals surface area contributed by atoms with E-state index in [2.05, 4.69) is 25.9 Å². The van der Waals surface area contributed by atoms with Crippen LogP contribution in [0.1, 0.15) is 6.92 Å². The fraction of sp³-hybridized carbons (Fsp3) is 0.188. The average Bonchev–Trinajstić information content (AvgIpc) is 2.61. The Bertz CT molecular complexity index is 750. The van der Waals surface area contributed by atoms with Crippen LogP contribution in [-0.2, 0) is 14.3 Å². The fourth-order valence-electron chi connectivity index (χ4n) is 1.85. The van der Waals surface area contributed by atoms with Crippen LogP contribution in [0.4, 0.5) is 5.95 Å². The van der Waals surface area contributed by atoms with Gasteiger partial charge in [0.1, 0.15) is 10.2 Å². The molecule has 7 nitrogen and oxygen atoms in total. The van der Waals surface area contributed by atoms with Crippen molar-refractivity contribution in [2.45, 2.75) is 6.92 Å². The van der Waals surface area contributed by atoms with Crippen molar-refractivity contribution >= 4 is 28.4 Å². The van der Waals surface area contributed by atoms with Crippen LogP contribution >= 0.6 is 15.9 Å². The molecule has 0 saturated heterocycles. The molecular weight excluding hydrogens is 378 g/mol. The van der Waals surface area contributed by atoms with Crippen molar-refractivity contribution in [2.75, 3.05) is 19.5 Å². The van der Waals surface area contributed by atoms with Crippen molar-refractivity contribution in [1.82, 2.24) is 9.97 Å². The number of allylic oxidation sites excluding steroid dienone is 1.